The lowest BCUT2D eigenvalue weighted by Crippen LogP contribution is -2.29. The van der Waals surface area contributed by atoms with E-state index < -0.39 is 23.7 Å². The van der Waals surface area contributed by atoms with Gasteiger partial charge < -0.3 is 14.6 Å². The van der Waals surface area contributed by atoms with Crippen molar-refractivity contribution in [2.75, 3.05) is 18.6 Å². The van der Waals surface area contributed by atoms with E-state index in [9.17, 15) is 19.5 Å². The summed E-state index contributed by atoms with van der Waals surface area (Å²) in [6, 6.07) is 11.5. The van der Waals surface area contributed by atoms with Crippen LogP contribution in [0.1, 0.15) is 50.6 Å². The molecule has 8 nitrogen and oxygen atoms in total. The van der Waals surface area contributed by atoms with Gasteiger partial charge in [0.25, 0.3) is 5.78 Å². The summed E-state index contributed by atoms with van der Waals surface area (Å²) < 4.78 is 10.4. The van der Waals surface area contributed by atoms with Crippen LogP contribution >= 0.6 is 11.3 Å². The summed E-state index contributed by atoms with van der Waals surface area (Å²) in [6.07, 6.45) is 0. The lowest BCUT2D eigenvalue weighted by Gasteiger charge is -2.23. The van der Waals surface area contributed by atoms with Gasteiger partial charge in [-0.1, -0.05) is 41.2 Å². The number of esters is 1. The van der Waals surface area contributed by atoms with Crippen molar-refractivity contribution in [1.82, 2.24) is 4.98 Å². The van der Waals surface area contributed by atoms with Gasteiger partial charge in [-0.05, 0) is 57.0 Å². The summed E-state index contributed by atoms with van der Waals surface area (Å²) >= 11 is 0.963. The van der Waals surface area contributed by atoms with Gasteiger partial charge in [-0.3, -0.25) is 14.5 Å². The summed E-state index contributed by atoms with van der Waals surface area (Å²) in [5.41, 5.74) is 3.11. The number of aliphatic hydroxyl groups is 1. The van der Waals surface area contributed by atoms with E-state index in [0.717, 1.165) is 22.5 Å². The van der Waals surface area contributed by atoms with Crippen LogP contribution in [-0.4, -0.2) is 41.5 Å². The van der Waals surface area contributed by atoms with E-state index in [1.165, 1.54) is 12.0 Å². The molecule has 4 rings (SSSR count). The number of aryl methyl sites for hydroxylation is 3. The Labute approximate surface area is 212 Å². The average Bonchev–Trinajstić information content (AvgIpc) is 3.36. The average molecular weight is 507 g/mol. The first-order chi connectivity index (χ1) is 17.2. The second-order valence-electron chi connectivity index (χ2n) is 8.40. The maximum Gasteiger partial charge on any atom is 0.350 e. The fourth-order valence-corrected chi connectivity index (χ4v) is 5.14. The Balaban J connectivity index is 1.91. The van der Waals surface area contributed by atoms with Crippen LogP contribution in [0.15, 0.2) is 48.0 Å². The highest BCUT2D eigenvalue weighted by atomic mass is 32.1. The van der Waals surface area contributed by atoms with Gasteiger partial charge in [0.15, 0.2) is 5.13 Å². The van der Waals surface area contributed by atoms with Gasteiger partial charge in [-0.25, -0.2) is 9.78 Å². The molecule has 36 heavy (non-hydrogen) atoms. The van der Waals surface area contributed by atoms with Gasteiger partial charge in [0.1, 0.15) is 16.4 Å². The number of amides is 1. The van der Waals surface area contributed by atoms with Crippen molar-refractivity contribution < 1.29 is 29.0 Å². The number of rotatable bonds is 6. The van der Waals surface area contributed by atoms with Gasteiger partial charge in [0.2, 0.25) is 0 Å². The van der Waals surface area contributed by atoms with E-state index >= 15 is 0 Å². The van der Waals surface area contributed by atoms with Crippen LogP contribution in [0.25, 0.3) is 5.76 Å². The summed E-state index contributed by atoms with van der Waals surface area (Å²) in [5.74, 6) is -1.89. The minimum absolute atomic E-state index is 0.0557. The van der Waals surface area contributed by atoms with Crippen LogP contribution in [0.4, 0.5) is 5.13 Å². The van der Waals surface area contributed by atoms with E-state index in [0.29, 0.717) is 29.2 Å². The first-order valence-corrected chi connectivity index (χ1v) is 12.2. The van der Waals surface area contributed by atoms with Crippen molar-refractivity contribution in [3.05, 3.63) is 80.9 Å². The van der Waals surface area contributed by atoms with Gasteiger partial charge >= 0.3 is 11.9 Å². The molecule has 1 fully saturated rings. The molecule has 186 valence electrons. The van der Waals surface area contributed by atoms with E-state index in [1.807, 2.05) is 32.9 Å². The number of ether oxygens (including phenoxy) is 2. The summed E-state index contributed by atoms with van der Waals surface area (Å²) in [5, 5.41) is 11.5. The van der Waals surface area contributed by atoms with Crippen molar-refractivity contribution in [2.45, 2.75) is 33.7 Å². The number of anilines is 1. The SMILES string of the molecule is CCOc1ccc(C(O)=C2C(=O)C(=O)N(c3nc(C)c(C(=O)OC)s3)C2c2ccc(C)cc2)cc1C. The molecular formula is C27H26N2O6S. The van der Waals surface area contributed by atoms with Crippen molar-refractivity contribution >= 4 is 39.9 Å². The number of carbonyl (C=O) groups is 3. The zero-order valence-electron chi connectivity index (χ0n) is 20.6. The molecule has 0 spiro atoms. The van der Waals surface area contributed by atoms with Gasteiger partial charge in [0, 0.05) is 5.56 Å². The van der Waals surface area contributed by atoms with E-state index in [4.69, 9.17) is 9.47 Å². The normalized spacial score (nSPS) is 16.9. The van der Waals surface area contributed by atoms with Gasteiger partial charge in [0.05, 0.1) is 31.0 Å². The Hall–Kier alpha value is -3.98. The van der Waals surface area contributed by atoms with E-state index in [-0.39, 0.29) is 21.3 Å². The highest BCUT2D eigenvalue weighted by Crippen LogP contribution is 2.44. The number of Topliss-reactive ketones (excluding diaryl/α,β-unsaturated/α-hetero) is 1. The molecule has 0 saturated carbocycles. The van der Waals surface area contributed by atoms with Crippen LogP contribution < -0.4 is 9.64 Å². The third kappa shape index (κ3) is 4.37. The summed E-state index contributed by atoms with van der Waals surface area (Å²) in [4.78, 5) is 44.7. The third-order valence-corrected chi connectivity index (χ3v) is 7.08. The fourth-order valence-electron chi connectivity index (χ4n) is 4.13. The zero-order valence-corrected chi connectivity index (χ0v) is 21.4. The fraction of sp³-hybridized carbons (Fsp3) is 0.259. The molecule has 0 radical (unpaired) electrons. The Kier molecular flexibility index (Phi) is 6.94. The largest absolute Gasteiger partial charge is 0.507 e. The van der Waals surface area contributed by atoms with Crippen LogP contribution in [0, 0.1) is 20.8 Å². The molecule has 1 saturated heterocycles. The van der Waals surface area contributed by atoms with Crippen molar-refractivity contribution in [3.63, 3.8) is 0 Å². The number of hydrogen-bond acceptors (Lipinski definition) is 8. The second kappa shape index (κ2) is 9.94. The first-order valence-electron chi connectivity index (χ1n) is 11.3. The predicted molar refractivity (Wildman–Crippen MR) is 137 cm³/mol. The Morgan fingerprint density at radius 1 is 1.11 bits per heavy atom. The molecule has 1 atom stereocenters. The number of nitrogens with zero attached hydrogens (tertiary/aromatic N) is 2. The number of aliphatic hydroxyl groups excluding tert-OH is 1. The minimum atomic E-state index is -0.937. The predicted octanol–water partition coefficient (Wildman–Crippen LogP) is 4.88. The standard InChI is InChI=1S/C27H26N2O6S/c1-6-35-19-12-11-18(13-15(19)3)22(30)20-21(17-9-7-14(2)8-10-17)29(25(32)23(20)31)27-28-16(4)24(36-27)26(33)34-5/h7-13,21,30H,6H2,1-5H3. The van der Waals surface area contributed by atoms with Crippen molar-refractivity contribution in [1.29, 1.82) is 0 Å². The molecule has 1 aliphatic heterocycles. The van der Waals surface area contributed by atoms with Crippen molar-refractivity contribution in [2.24, 2.45) is 0 Å². The van der Waals surface area contributed by atoms with Gasteiger partial charge in [-0.2, -0.15) is 0 Å². The number of aromatic nitrogens is 1. The van der Waals surface area contributed by atoms with Crippen LogP contribution in [0.2, 0.25) is 0 Å². The number of methoxy groups -OCH3 is 1. The number of carbonyl (C=O) groups excluding carboxylic acids is 3. The molecular weight excluding hydrogens is 480 g/mol. The van der Waals surface area contributed by atoms with Crippen LogP contribution in [0.5, 0.6) is 5.75 Å². The van der Waals surface area contributed by atoms with Crippen LogP contribution in [-0.2, 0) is 14.3 Å². The number of benzene rings is 2. The number of ketones is 1. The maximum absolute atomic E-state index is 13.3. The molecule has 1 amide bonds. The third-order valence-electron chi connectivity index (χ3n) is 5.95. The highest BCUT2D eigenvalue weighted by Gasteiger charge is 2.48. The molecule has 2 heterocycles. The lowest BCUT2D eigenvalue weighted by molar-refractivity contribution is -0.132. The molecule has 0 bridgehead atoms. The first kappa shape index (κ1) is 25.1. The highest BCUT2D eigenvalue weighted by molar-refractivity contribution is 7.17. The quantitative estimate of drug-likeness (QED) is 0.220. The molecule has 1 aromatic heterocycles. The Morgan fingerprint density at radius 2 is 1.81 bits per heavy atom. The van der Waals surface area contributed by atoms with Crippen LogP contribution in [0.3, 0.4) is 0 Å². The maximum atomic E-state index is 13.3. The second-order valence-corrected chi connectivity index (χ2v) is 9.37. The molecule has 3 aromatic rings. The smallest absolute Gasteiger partial charge is 0.350 e. The molecule has 1 N–H and O–H groups in total. The van der Waals surface area contributed by atoms with E-state index in [1.54, 1.807) is 37.3 Å². The monoisotopic (exact) mass is 506 g/mol. The molecule has 1 unspecified atom stereocenters. The number of thiazole rings is 1. The Bertz CT molecular complexity index is 1390. The summed E-state index contributed by atoms with van der Waals surface area (Å²) in [7, 11) is 1.26. The lowest BCUT2D eigenvalue weighted by atomic mass is 9.94. The number of hydrogen-bond donors (Lipinski definition) is 1. The Morgan fingerprint density at radius 3 is 2.42 bits per heavy atom. The molecule has 1 aliphatic rings. The minimum Gasteiger partial charge on any atom is -0.507 e. The summed E-state index contributed by atoms with van der Waals surface area (Å²) in [6.45, 7) is 7.76. The topological polar surface area (TPSA) is 106 Å². The van der Waals surface area contributed by atoms with Gasteiger partial charge in [-0.15, -0.1) is 0 Å². The van der Waals surface area contributed by atoms with Crippen molar-refractivity contribution in [3.8, 4) is 5.75 Å². The molecule has 2 aromatic carbocycles. The molecule has 0 aliphatic carbocycles. The van der Waals surface area contributed by atoms with E-state index in [2.05, 4.69) is 4.98 Å². The zero-order chi connectivity index (χ0) is 26.1. The molecule has 9 heteroatoms.